The van der Waals surface area contributed by atoms with E-state index in [9.17, 15) is 13.2 Å². The quantitative estimate of drug-likeness (QED) is 0.545. The monoisotopic (exact) mass is 430 g/mol. The van der Waals surface area contributed by atoms with Crippen molar-refractivity contribution in [3.05, 3.63) is 83.2 Å². The van der Waals surface area contributed by atoms with Crippen LogP contribution in [0.3, 0.4) is 0 Å². The summed E-state index contributed by atoms with van der Waals surface area (Å²) in [7, 11) is -1.98. The lowest BCUT2D eigenvalue weighted by molar-refractivity contribution is -0.121. The molecule has 1 aromatic heterocycles. The van der Waals surface area contributed by atoms with Gasteiger partial charge in [-0.15, -0.1) is 11.3 Å². The first-order valence-electron chi connectivity index (χ1n) is 9.01. The largest absolute Gasteiger partial charge is 0.497 e. The molecule has 2 N–H and O–H groups in total. The number of sulfonamides is 1. The molecule has 0 aliphatic rings. The average Bonchev–Trinajstić information content (AvgIpc) is 3.29. The number of hydrogen-bond donors (Lipinski definition) is 2. The van der Waals surface area contributed by atoms with Gasteiger partial charge in [0.1, 0.15) is 9.96 Å². The van der Waals surface area contributed by atoms with Gasteiger partial charge in [-0.25, -0.2) is 13.1 Å². The molecule has 0 aliphatic carbocycles. The summed E-state index contributed by atoms with van der Waals surface area (Å²) in [5, 5.41) is 4.69. The molecule has 0 spiro atoms. The van der Waals surface area contributed by atoms with Gasteiger partial charge in [-0.05, 0) is 34.7 Å². The Kier molecular flexibility index (Phi) is 7.03. The van der Waals surface area contributed by atoms with Crippen molar-refractivity contribution in [3.8, 4) is 5.75 Å². The Hall–Kier alpha value is -2.68. The Labute approximate surface area is 174 Å². The lowest BCUT2D eigenvalue weighted by Crippen LogP contribution is -2.33. The van der Waals surface area contributed by atoms with Crippen molar-refractivity contribution in [2.45, 2.75) is 16.7 Å². The molecule has 3 rings (SSSR count). The van der Waals surface area contributed by atoms with Gasteiger partial charge in [0.2, 0.25) is 15.9 Å². The van der Waals surface area contributed by atoms with E-state index in [1.165, 1.54) is 6.07 Å². The van der Waals surface area contributed by atoms with E-state index in [4.69, 9.17) is 4.74 Å². The molecular formula is C21H22N2O4S2. The van der Waals surface area contributed by atoms with Crippen LogP contribution >= 0.6 is 11.3 Å². The first-order chi connectivity index (χ1) is 14.0. The van der Waals surface area contributed by atoms with Gasteiger partial charge in [0.15, 0.2) is 0 Å². The molecule has 152 valence electrons. The highest BCUT2D eigenvalue weighted by Crippen LogP contribution is 2.24. The molecule has 29 heavy (non-hydrogen) atoms. The molecule has 0 saturated carbocycles. The van der Waals surface area contributed by atoms with Gasteiger partial charge in [0.05, 0.1) is 13.2 Å². The van der Waals surface area contributed by atoms with E-state index in [2.05, 4.69) is 10.0 Å². The number of thiophene rings is 1. The van der Waals surface area contributed by atoms with Crippen LogP contribution in [0.4, 0.5) is 0 Å². The van der Waals surface area contributed by atoms with Crippen molar-refractivity contribution in [1.82, 2.24) is 10.0 Å². The Bertz CT molecular complexity index is 1020. The van der Waals surface area contributed by atoms with Crippen LogP contribution in [0, 0.1) is 0 Å². The van der Waals surface area contributed by atoms with E-state index in [-0.39, 0.29) is 29.1 Å². The van der Waals surface area contributed by atoms with Crippen molar-refractivity contribution >= 4 is 27.3 Å². The number of ether oxygens (including phenoxy) is 1. The third-order valence-corrected chi connectivity index (χ3v) is 7.15. The van der Waals surface area contributed by atoms with Crippen LogP contribution in [-0.4, -0.2) is 28.0 Å². The number of carbonyl (C=O) groups excluding carboxylic acids is 1. The van der Waals surface area contributed by atoms with Crippen molar-refractivity contribution in [2.24, 2.45) is 0 Å². The molecule has 0 fully saturated rings. The summed E-state index contributed by atoms with van der Waals surface area (Å²) < 4.78 is 32.2. The lowest BCUT2D eigenvalue weighted by Gasteiger charge is -2.20. The van der Waals surface area contributed by atoms with E-state index in [1.807, 2.05) is 54.6 Å². The normalized spacial score (nSPS) is 12.3. The van der Waals surface area contributed by atoms with E-state index >= 15 is 0 Å². The summed E-state index contributed by atoms with van der Waals surface area (Å²) >= 11 is 1.14. The zero-order valence-corrected chi connectivity index (χ0v) is 17.5. The van der Waals surface area contributed by atoms with Gasteiger partial charge < -0.3 is 10.1 Å². The molecular weight excluding hydrogens is 408 g/mol. The van der Waals surface area contributed by atoms with Crippen molar-refractivity contribution < 1.29 is 17.9 Å². The van der Waals surface area contributed by atoms with Gasteiger partial charge in [-0.1, -0.05) is 48.5 Å². The standard InChI is InChI=1S/C21H22N2O4S2/c1-27-18-11-9-17(10-12-18)21(16-6-3-2-4-7-16)23-19(24)13-14-22-29(25,26)20-8-5-15-28-20/h2-12,15,21-22H,13-14H2,1H3,(H,23,24)/t21-/m0/s1. The molecule has 0 saturated heterocycles. The highest BCUT2D eigenvalue weighted by Gasteiger charge is 2.18. The molecule has 1 amide bonds. The molecule has 6 nitrogen and oxygen atoms in total. The van der Waals surface area contributed by atoms with Crippen molar-refractivity contribution in [2.75, 3.05) is 13.7 Å². The van der Waals surface area contributed by atoms with Crippen molar-refractivity contribution in [3.63, 3.8) is 0 Å². The minimum absolute atomic E-state index is 0.0240. The third-order valence-electron chi connectivity index (χ3n) is 4.29. The number of hydrogen-bond acceptors (Lipinski definition) is 5. The predicted molar refractivity (Wildman–Crippen MR) is 114 cm³/mol. The van der Waals surface area contributed by atoms with E-state index in [1.54, 1.807) is 18.6 Å². The van der Waals surface area contributed by atoms with Gasteiger partial charge in [0.25, 0.3) is 0 Å². The first-order valence-corrected chi connectivity index (χ1v) is 11.4. The molecule has 0 radical (unpaired) electrons. The Morgan fingerprint density at radius 2 is 1.69 bits per heavy atom. The second kappa shape index (κ2) is 9.69. The van der Waals surface area contributed by atoms with Crippen LogP contribution in [0.15, 0.2) is 76.3 Å². The zero-order valence-electron chi connectivity index (χ0n) is 15.9. The summed E-state index contributed by atoms with van der Waals surface area (Å²) in [5.74, 6) is 0.485. The van der Waals surface area contributed by atoms with Crippen LogP contribution in [0.5, 0.6) is 5.75 Å². The highest BCUT2D eigenvalue weighted by atomic mass is 32.2. The minimum atomic E-state index is -3.58. The first kappa shape index (κ1) is 21.0. The number of rotatable bonds is 9. The smallest absolute Gasteiger partial charge is 0.250 e. The maximum Gasteiger partial charge on any atom is 0.250 e. The molecule has 3 aromatic rings. The van der Waals surface area contributed by atoms with Crippen LogP contribution in [0.2, 0.25) is 0 Å². The highest BCUT2D eigenvalue weighted by molar-refractivity contribution is 7.91. The van der Waals surface area contributed by atoms with Gasteiger partial charge in [0, 0.05) is 13.0 Å². The van der Waals surface area contributed by atoms with E-state index in [0.29, 0.717) is 0 Å². The van der Waals surface area contributed by atoms with E-state index < -0.39 is 10.0 Å². The maximum absolute atomic E-state index is 12.5. The van der Waals surface area contributed by atoms with Crippen LogP contribution in [0.1, 0.15) is 23.6 Å². The van der Waals surface area contributed by atoms with Gasteiger partial charge in [-0.2, -0.15) is 0 Å². The fraction of sp³-hybridized carbons (Fsp3) is 0.190. The van der Waals surface area contributed by atoms with Crippen LogP contribution < -0.4 is 14.8 Å². The molecule has 1 atom stereocenters. The number of benzene rings is 2. The predicted octanol–water partition coefficient (Wildman–Crippen LogP) is 3.33. The summed E-state index contributed by atoms with van der Waals surface area (Å²) in [4.78, 5) is 12.5. The summed E-state index contributed by atoms with van der Waals surface area (Å²) in [6.45, 7) is 0.0240. The molecule has 8 heteroatoms. The van der Waals surface area contributed by atoms with Crippen molar-refractivity contribution in [1.29, 1.82) is 0 Å². The summed E-state index contributed by atoms with van der Waals surface area (Å²) in [6, 6.07) is 19.9. The van der Waals surface area contributed by atoms with Gasteiger partial charge in [-0.3, -0.25) is 4.79 Å². The number of carbonyl (C=O) groups is 1. The lowest BCUT2D eigenvalue weighted by atomic mass is 9.98. The Balaban J connectivity index is 1.66. The van der Waals surface area contributed by atoms with E-state index in [0.717, 1.165) is 28.2 Å². The Morgan fingerprint density at radius 3 is 2.31 bits per heavy atom. The molecule has 0 unspecified atom stereocenters. The number of amides is 1. The summed E-state index contributed by atoms with van der Waals surface area (Å²) in [5.41, 5.74) is 1.84. The second-order valence-electron chi connectivity index (χ2n) is 6.26. The van der Waals surface area contributed by atoms with Crippen LogP contribution in [-0.2, 0) is 14.8 Å². The molecule has 0 aliphatic heterocycles. The Morgan fingerprint density at radius 1 is 1.00 bits per heavy atom. The van der Waals surface area contributed by atoms with Gasteiger partial charge >= 0.3 is 0 Å². The SMILES string of the molecule is COc1ccc([C@@H](NC(=O)CCNS(=O)(=O)c2cccs2)c2ccccc2)cc1. The fourth-order valence-corrected chi connectivity index (χ4v) is 4.89. The maximum atomic E-state index is 12.5. The average molecular weight is 431 g/mol. The summed E-state index contributed by atoms with van der Waals surface area (Å²) in [6.07, 6.45) is 0.0318. The fourth-order valence-electron chi connectivity index (χ4n) is 2.82. The van der Waals surface area contributed by atoms with Crippen LogP contribution in [0.25, 0.3) is 0 Å². The number of nitrogens with one attached hydrogen (secondary N) is 2. The molecule has 2 aromatic carbocycles. The number of methoxy groups -OCH3 is 1. The molecule has 0 bridgehead atoms. The third kappa shape index (κ3) is 5.66. The zero-order chi connectivity index (χ0) is 20.7. The topological polar surface area (TPSA) is 84.5 Å². The second-order valence-corrected chi connectivity index (χ2v) is 9.21. The molecule has 1 heterocycles. The minimum Gasteiger partial charge on any atom is -0.497 e.